The van der Waals surface area contributed by atoms with E-state index in [1.807, 2.05) is 0 Å². The van der Waals surface area contributed by atoms with Gasteiger partial charge < -0.3 is 10.6 Å². The first kappa shape index (κ1) is 13.0. The summed E-state index contributed by atoms with van der Waals surface area (Å²) in [5.41, 5.74) is 2.62. The molecule has 0 aliphatic heterocycles. The molecule has 0 fully saturated rings. The van der Waals surface area contributed by atoms with Crippen LogP contribution in [-0.4, -0.2) is 12.6 Å². The summed E-state index contributed by atoms with van der Waals surface area (Å²) in [7, 11) is 0. The molecule has 1 aromatic rings. The highest BCUT2D eigenvalue weighted by Gasteiger charge is 2.04. The Morgan fingerprint density at radius 1 is 1.19 bits per heavy atom. The second kappa shape index (κ2) is 7.29. The minimum Gasteiger partial charge on any atom is -0.382 e. The van der Waals surface area contributed by atoms with Crippen LogP contribution < -0.4 is 10.6 Å². The van der Waals surface area contributed by atoms with Crippen molar-refractivity contribution in [3.8, 4) is 0 Å². The van der Waals surface area contributed by atoms with Gasteiger partial charge >= 0.3 is 0 Å². The molecule has 16 heavy (non-hydrogen) atoms. The number of para-hydroxylation sites is 1. The van der Waals surface area contributed by atoms with Crippen molar-refractivity contribution in [1.29, 1.82) is 0 Å². The van der Waals surface area contributed by atoms with Gasteiger partial charge in [0.15, 0.2) is 0 Å². The summed E-state index contributed by atoms with van der Waals surface area (Å²) in [5, 5.41) is 6.95. The van der Waals surface area contributed by atoms with Crippen LogP contribution in [0.3, 0.4) is 0 Å². The number of hydrogen-bond acceptors (Lipinski definition) is 2. The lowest BCUT2D eigenvalue weighted by molar-refractivity contribution is 0.684. The van der Waals surface area contributed by atoms with Gasteiger partial charge in [0.1, 0.15) is 0 Å². The Labute approximate surface area is 99.5 Å². The fraction of sp³-hybridized carbons (Fsp3) is 0.571. The number of hydrogen-bond donors (Lipinski definition) is 2. The van der Waals surface area contributed by atoms with E-state index in [2.05, 4.69) is 55.7 Å². The van der Waals surface area contributed by atoms with E-state index in [1.54, 1.807) is 0 Å². The standard InChI is InChI=1S/C14H24N2/c1-4-8-12(3)16-14-10-7-6-9-13(14)11-15-5-2/h6-7,9-10,12,15-16H,4-5,8,11H2,1-3H3. The maximum Gasteiger partial charge on any atom is 0.0387 e. The molecule has 0 spiro atoms. The van der Waals surface area contributed by atoms with Gasteiger partial charge in [0.2, 0.25) is 0 Å². The van der Waals surface area contributed by atoms with E-state index in [4.69, 9.17) is 0 Å². The molecule has 2 heteroatoms. The Kier molecular flexibility index (Phi) is 5.94. The molecule has 0 aliphatic carbocycles. The molecule has 0 aliphatic rings. The Hall–Kier alpha value is -1.02. The van der Waals surface area contributed by atoms with Gasteiger partial charge in [-0.05, 0) is 31.5 Å². The Morgan fingerprint density at radius 3 is 2.62 bits per heavy atom. The van der Waals surface area contributed by atoms with E-state index in [-0.39, 0.29) is 0 Å². The third-order valence-electron chi connectivity index (χ3n) is 2.71. The van der Waals surface area contributed by atoms with Gasteiger partial charge in [-0.1, -0.05) is 38.5 Å². The molecule has 90 valence electrons. The number of anilines is 1. The fourth-order valence-electron chi connectivity index (χ4n) is 1.85. The predicted octanol–water partition coefficient (Wildman–Crippen LogP) is 3.40. The van der Waals surface area contributed by atoms with Crippen molar-refractivity contribution in [3.63, 3.8) is 0 Å². The molecule has 0 radical (unpaired) electrons. The van der Waals surface area contributed by atoms with Crippen LogP contribution in [0.4, 0.5) is 5.69 Å². The fourth-order valence-corrected chi connectivity index (χ4v) is 1.85. The third kappa shape index (κ3) is 4.23. The van der Waals surface area contributed by atoms with Crippen molar-refractivity contribution in [2.24, 2.45) is 0 Å². The molecule has 0 aromatic heterocycles. The smallest absolute Gasteiger partial charge is 0.0387 e. The van der Waals surface area contributed by atoms with Crippen LogP contribution in [0, 0.1) is 0 Å². The Bertz CT molecular complexity index is 297. The summed E-state index contributed by atoms with van der Waals surface area (Å²) in [5.74, 6) is 0. The summed E-state index contributed by atoms with van der Waals surface area (Å²) in [6.45, 7) is 8.56. The first-order chi connectivity index (χ1) is 7.77. The molecule has 0 bridgehead atoms. The lowest BCUT2D eigenvalue weighted by atomic mass is 10.1. The lowest BCUT2D eigenvalue weighted by Gasteiger charge is -2.17. The number of benzene rings is 1. The van der Waals surface area contributed by atoms with E-state index >= 15 is 0 Å². The molecule has 0 saturated heterocycles. The average molecular weight is 220 g/mol. The minimum absolute atomic E-state index is 0.549. The Morgan fingerprint density at radius 2 is 1.94 bits per heavy atom. The molecule has 1 aromatic carbocycles. The molecular formula is C14H24N2. The van der Waals surface area contributed by atoms with E-state index in [0.717, 1.165) is 13.1 Å². The molecule has 0 heterocycles. The summed E-state index contributed by atoms with van der Waals surface area (Å²) >= 11 is 0. The summed E-state index contributed by atoms with van der Waals surface area (Å²) in [6, 6.07) is 9.09. The summed E-state index contributed by atoms with van der Waals surface area (Å²) in [6.07, 6.45) is 2.44. The average Bonchev–Trinajstić information content (AvgIpc) is 2.28. The molecule has 1 rings (SSSR count). The zero-order chi connectivity index (χ0) is 11.8. The maximum atomic E-state index is 3.58. The van der Waals surface area contributed by atoms with Gasteiger partial charge in [-0.3, -0.25) is 0 Å². The topological polar surface area (TPSA) is 24.1 Å². The Balaban J connectivity index is 2.62. The van der Waals surface area contributed by atoms with E-state index in [9.17, 15) is 0 Å². The lowest BCUT2D eigenvalue weighted by Crippen LogP contribution is -2.18. The van der Waals surface area contributed by atoms with Crippen LogP contribution in [0.1, 0.15) is 39.2 Å². The van der Waals surface area contributed by atoms with Crippen molar-refractivity contribution in [2.75, 3.05) is 11.9 Å². The van der Waals surface area contributed by atoms with Gasteiger partial charge in [-0.15, -0.1) is 0 Å². The molecule has 1 unspecified atom stereocenters. The van der Waals surface area contributed by atoms with E-state index in [1.165, 1.54) is 24.1 Å². The number of nitrogens with one attached hydrogen (secondary N) is 2. The van der Waals surface area contributed by atoms with Gasteiger partial charge in [0.05, 0.1) is 0 Å². The SMILES string of the molecule is CCCC(C)Nc1ccccc1CNCC. The predicted molar refractivity (Wildman–Crippen MR) is 71.8 cm³/mol. The summed E-state index contributed by atoms with van der Waals surface area (Å²) < 4.78 is 0. The molecule has 1 atom stereocenters. The second-order valence-corrected chi connectivity index (χ2v) is 4.27. The zero-order valence-corrected chi connectivity index (χ0v) is 10.7. The van der Waals surface area contributed by atoms with Crippen LogP contribution >= 0.6 is 0 Å². The minimum atomic E-state index is 0.549. The molecule has 0 amide bonds. The van der Waals surface area contributed by atoms with Crippen LogP contribution in [0.2, 0.25) is 0 Å². The van der Waals surface area contributed by atoms with Crippen LogP contribution in [0.25, 0.3) is 0 Å². The number of rotatable bonds is 7. The van der Waals surface area contributed by atoms with Crippen LogP contribution in [0.15, 0.2) is 24.3 Å². The summed E-state index contributed by atoms with van der Waals surface area (Å²) in [4.78, 5) is 0. The highest BCUT2D eigenvalue weighted by atomic mass is 14.9. The van der Waals surface area contributed by atoms with Gasteiger partial charge in [0, 0.05) is 18.3 Å². The normalized spacial score (nSPS) is 12.4. The van der Waals surface area contributed by atoms with Crippen molar-refractivity contribution >= 4 is 5.69 Å². The van der Waals surface area contributed by atoms with Crippen molar-refractivity contribution < 1.29 is 0 Å². The highest BCUT2D eigenvalue weighted by molar-refractivity contribution is 5.51. The van der Waals surface area contributed by atoms with E-state index < -0.39 is 0 Å². The molecule has 2 nitrogen and oxygen atoms in total. The highest BCUT2D eigenvalue weighted by Crippen LogP contribution is 2.16. The molecule has 2 N–H and O–H groups in total. The van der Waals surface area contributed by atoms with Crippen LogP contribution in [-0.2, 0) is 6.54 Å². The van der Waals surface area contributed by atoms with Crippen LogP contribution in [0.5, 0.6) is 0 Å². The first-order valence-electron chi connectivity index (χ1n) is 6.33. The second-order valence-electron chi connectivity index (χ2n) is 4.27. The van der Waals surface area contributed by atoms with Crippen molar-refractivity contribution in [3.05, 3.63) is 29.8 Å². The van der Waals surface area contributed by atoms with Crippen molar-refractivity contribution in [2.45, 2.75) is 46.2 Å². The molecule has 0 saturated carbocycles. The van der Waals surface area contributed by atoms with E-state index in [0.29, 0.717) is 6.04 Å². The van der Waals surface area contributed by atoms with Gasteiger partial charge in [0.25, 0.3) is 0 Å². The van der Waals surface area contributed by atoms with Crippen molar-refractivity contribution in [1.82, 2.24) is 5.32 Å². The third-order valence-corrected chi connectivity index (χ3v) is 2.71. The monoisotopic (exact) mass is 220 g/mol. The maximum absolute atomic E-state index is 3.58. The zero-order valence-electron chi connectivity index (χ0n) is 10.7. The first-order valence-corrected chi connectivity index (χ1v) is 6.33. The molecular weight excluding hydrogens is 196 g/mol. The van der Waals surface area contributed by atoms with Gasteiger partial charge in [-0.25, -0.2) is 0 Å². The quantitative estimate of drug-likeness (QED) is 0.736. The van der Waals surface area contributed by atoms with Gasteiger partial charge in [-0.2, -0.15) is 0 Å². The largest absolute Gasteiger partial charge is 0.382 e.